The van der Waals surface area contributed by atoms with Crippen LogP contribution in [0.1, 0.15) is 64.2 Å². The third kappa shape index (κ3) is 4.77. The highest BCUT2D eigenvalue weighted by Gasteiger charge is 2.35. The molecule has 0 amide bonds. The summed E-state index contributed by atoms with van der Waals surface area (Å²) in [5, 5.41) is 18.9. The van der Waals surface area contributed by atoms with Gasteiger partial charge in [0.15, 0.2) is 0 Å². The second-order valence-electron chi connectivity index (χ2n) is 7.92. The van der Waals surface area contributed by atoms with Crippen molar-refractivity contribution in [2.45, 2.75) is 81.8 Å². The van der Waals surface area contributed by atoms with E-state index >= 15 is 0 Å². The number of ether oxygens (including phenoxy) is 1. The first-order chi connectivity index (χ1) is 12.1. The minimum Gasteiger partial charge on any atom is -0.481 e. The van der Waals surface area contributed by atoms with Crippen molar-refractivity contribution in [3.63, 3.8) is 0 Å². The van der Waals surface area contributed by atoms with Crippen molar-refractivity contribution in [3.8, 4) is 6.07 Å². The molecule has 3 rings (SSSR count). The molecule has 1 heterocycles. The molecule has 1 aliphatic heterocycles. The molecule has 0 aromatic heterocycles. The molecule has 0 aromatic carbocycles. The molecule has 1 N–H and O–H groups in total. The second kappa shape index (κ2) is 8.56. The molecule has 25 heavy (non-hydrogen) atoms. The molecule has 3 fully saturated rings. The number of carboxylic acid groups (broad SMARTS) is 1. The Morgan fingerprint density at radius 2 is 1.64 bits per heavy atom. The summed E-state index contributed by atoms with van der Waals surface area (Å²) in [7, 11) is 0. The van der Waals surface area contributed by atoms with Gasteiger partial charge in [-0.1, -0.05) is 0 Å². The number of rotatable bonds is 4. The standard InChI is InChI=1S/C20H28ClNO3/c21-17-7-5-13(6-8-17)16(12-22)11-18-9-10-19(25-18)14-1-3-15(4-2-14)20(23)24/h11,13-15,17-19H,1-10H2,(H,23,24)/b16-11-. The fraction of sp³-hybridized carbons (Fsp3) is 0.800. The van der Waals surface area contributed by atoms with E-state index in [2.05, 4.69) is 12.1 Å². The summed E-state index contributed by atoms with van der Waals surface area (Å²) in [6, 6.07) is 2.40. The molecular formula is C20H28ClNO3. The largest absolute Gasteiger partial charge is 0.481 e. The van der Waals surface area contributed by atoms with E-state index in [4.69, 9.17) is 21.4 Å². The van der Waals surface area contributed by atoms with Gasteiger partial charge in [-0.3, -0.25) is 4.79 Å². The van der Waals surface area contributed by atoms with Crippen molar-refractivity contribution >= 4 is 17.6 Å². The van der Waals surface area contributed by atoms with Crippen LogP contribution in [0.15, 0.2) is 11.6 Å². The monoisotopic (exact) mass is 365 g/mol. The molecule has 2 saturated carbocycles. The molecule has 4 nitrogen and oxygen atoms in total. The third-order valence-electron chi connectivity index (χ3n) is 6.32. The number of alkyl halides is 1. The van der Waals surface area contributed by atoms with Crippen LogP contribution in [0.3, 0.4) is 0 Å². The molecule has 0 bridgehead atoms. The van der Waals surface area contributed by atoms with Crippen LogP contribution >= 0.6 is 11.6 Å². The van der Waals surface area contributed by atoms with Gasteiger partial charge in [-0.05, 0) is 82.1 Å². The molecule has 1 saturated heterocycles. The Labute approximate surface area is 155 Å². The first-order valence-corrected chi connectivity index (χ1v) is 10.1. The van der Waals surface area contributed by atoms with Gasteiger partial charge in [0.2, 0.25) is 0 Å². The van der Waals surface area contributed by atoms with Crippen LogP contribution in [-0.2, 0) is 9.53 Å². The molecule has 2 unspecified atom stereocenters. The minimum atomic E-state index is -0.656. The average Bonchev–Trinajstić information content (AvgIpc) is 3.09. The quantitative estimate of drug-likeness (QED) is 0.580. The van der Waals surface area contributed by atoms with Gasteiger partial charge in [0.05, 0.1) is 24.2 Å². The van der Waals surface area contributed by atoms with Gasteiger partial charge in [-0.2, -0.15) is 5.26 Å². The van der Waals surface area contributed by atoms with E-state index < -0.39 is 5.97 Å². The molecule has 2 atom stereocenters. The number of nitriles is 1. The highest BCUT2D eigenvalue weighted by atomic mass is 35.5. The summed E-state index contributed by atoms with van der Waals surface area (Å²) in [5.74, 6) is -0.00703. The van der Waals surface area contributed by atoms with Crippen LogP contribution in [-0.4, -0.2) is 28.7 Å². The number of carboxylic acids is 1. The number of hydrogen-bond donors (Lipinski definition) is 1. The van der Waals surface area contributed by atoms with Crippen LogP contribution < -0.4 is 0 Å². The van der Waals surface area contributed by atoms with Crippen LogP contribution in [0.25, 0.3) is 0 Å². The zero-order valence-corrected chi connectivity index (χ0v) is 15.5. The Hall–Kier alpha value is -1.05. The third-order valence-corrected chi connectivity index (χ3v) is 6.76. The van der Waals surface area contributed by atoms with Crippen molar-refractivity contribution in [1.82, 2.24) is 0 Å². The second-order valence-corrected chi connectivity index (χ2v) is 8.54. The number of carbonyl (C=O) groups is 1. The molecule has 2 aliphatic carbocycles. The molecular weight excluding hydrogens is 338 g/mol. The lowest BCUT2D eigenvalue weighted by atomic mass is 9.79. The zero-order valence-electron chi connectivity index (χ0n) is 14.7. The van der Waals surface area contributed by atoms with Crippen molar-refractivity contribution in [2.75, 3.05) is 0 Å². The summed E-state index contributed by atoms with van der Waals surface area (Å²) in [4.78, 5) is 11.1. The molecule has 3 aliphatic rings. The van der Waals surface area contributed by atoms with Gasteiger partial charge in [0, 0.05) is 11.0 Å². The van der Waals surface area contributed by atoms with E-state index in [1.807, 2.05) is 0 Å². The summed E-state index contributed by atoms with van der Waals surface area (Å²) in [6.07, 6.45) is 11.8. The molecule has 0 aromatic rings. The Kier molecular flexibility index (Phi) is 6.41. The fourth-order valence-corrected chi connectivity index (χ4v) is 4.98. The molecule has 0 spiro atoms. The van der Waals surface area contributed by atoms with Crippen molar-refractivity contribution in [2.24, 2.45) is 17.8 Å². The topological polar surface area (TPSA) is 70.3 Å². The number of halogens is 1. The smallest absolute Gasteiger partial charge is 0.306 e. The van der Waals surface area contributed by atoms with E-state index in [-0.39, 0.29) is 23.5 Å². The van der Waals surface area contributed by atoms with Gasteiger partial charge in [-0.15, -0.1) is 11.6 Å². The molecule has 0 radical (unpaired) electrons. The normalized spacial score (nSPS) is 39.8. The summed E-state index contributed by atoms with van der Waals surface area (Å²) in [5.41, 5.74) is 0.879. The van der Waals surface area contributed by atoms with Gasteiger partial charge < -0.3 is 9.84 Å². The lowest BCUT2D eigenvalue weighted by Crippen LogP contribution is -2.28. The van der Waals surface area contributed by atoms with Gasteiger partial charge in [-0.25, -0.2) is 0 Å². The zero-order chi connectivity index (χ0) is 17.8. The van der Waals surface area contributed by atoms with Crippen LogP contribution in [0.5, 0.6) is 0 Å². The molecule has 5 heteroatoms. The fourth-order valence-electron chi connectivity index (χ4n) is 4.73. The highest BCUT2D eigenvalue weighted by molar-refractivity contribution is 6.20. The highest BCUT2D eigenvalue weighted by Crippen LogP contribution is 2.38. The Morgan fingerprint density at radius 3 is 2.24 bits per heavy atom. The summed E-state index contributed by atoms with van der Waals surface area (Å²) < 4.78 is 6.24. The maximum absolute atomic E-state index is 11.1. The predicted octanol–water partition coefficient (Wildman–Crippen LogP) is 4.67. The maximum Gasteiger partial charge on any atom is 0.306 e. The van der Waals surface area contributed by atoms with Crippen LogP contribution in [0.4, 0.5) is 0 Å². The molecule has 138 valence electrons. The van der Waals surface area contributed by atoms with Gasteiger partial charge in [0.1, 0.15) is 0 Å². The number of aliphatic carboxylic acids is 1. The first-order valence-electron chi connectivity index (χ1n) is 9.71. The van der Waals surface area contributed by atoms with E-state index in [0.717, 1.165) is 69.8 Å². The van der Waals surface area contributed by atoms with Gasteiger partial charge >= 0.3 is 5.97 Å². The lowest BCUT2D eigenvalue weighted by Gasteiger charge is -2.30. The predicted molar refractivity (Wildman–Crippen MR) is 96.3 cm³/mol. The maximum atomic E-state index is 11.1. The minimum absolute atomic E-state index is 0.0468. The van der Waals surface area contributed by atoms with Gasteiger partial charge in [0.25, 0.3) is 0 Å². The van der Waals surface area contributed by atoms with E-state index in [1.54, 1.807) is 0 Å². The Bertz CT molecular complexity index is 540. The van der Waals surface area contributed by atoms with Crippen molar-refractivity contribution < 1.29 is 14.6 Å². The number of nitrogens with zero attached hydrogens (tertiary/aromatic N) is 1. The number of hydrogen-bond acceptors (Lipinski definition) is 3. The van der Waals surface area contributed by atoms with E-state index in [1.165, 1.54) is 0 Å². The SMILES string of the molecule is N#C/C(=C/C1CCC(C2CCC(C(=O)O)CC2)O1)C1CCC(Cl)CC1. The average molecular weight is 366 g/mol. The van der Waals surface area contributed by atoms with E-state index in [9.17, 15) is 10.1 Å². The Balaban J connectivity index is 1.52. The van der Waals surface area contributed by atoms with Crippen molar-refractivity contribution in [1.29, 1.82) is 5.26 Å². The van der Waals surface area contributed by atoms with Crippen molar-refractivity contribution in [3.05, 3.63) is 11.6 Å². The van der Waals surface area contributed by atoms with Crippen LogP contribution in [0, 0.1) is 29.1 Å². The van der Waals surface area contributed by atoms with E-state index in [0.29, 0.717) is 11.8 Å². The number of allylic oxidation sites excluding steroid dienone is 1. The lowest BCUT2D eigenvalue weighted by molar-refractivity contribution is -0.143. The summed E-state index contributed by atoms with van der Waals surface area (Å²) in [6.45, 7) is 0. The summed E-state index contributed by atoms with van der Waals surface area (Å²) >= 11 is 6.17. The first kappa shape index (κ1) is 18.7. The van der Waals surface area contributed by atoms with Crippen LogP contribution in [0.2, 0.25) is 0 Å². The Morgan fingerprint density at radius 1 is 1.00 bits per heavy atom.